The first-order valence-electron chi connectivity index (χ1n) is 8.59. The van der Waals surface area contributed by atoms with Crippen LogP contribution in [0.1, 0.15) is 50.7 Å². The second kappa shape index (κ2) is 7.98. The fraction of sp³-hybridized carbons (Fsp3) is 0.684. The Bertz CT molecular complexity index is 473. The lowest BCUT2D eigenvalue weighted by atomic mass is 9.98. The molecule has 1 aliphatic rings. The first-order valence-corrected chi connectivity index (χ1v) is 8.59. The molecule has 22 heavy (non-hydrogen) atoms. The van der Waals surface area contributed by atoms with E-state index >= 15 is 0 Å². The van der Waals surface area contributed by atoms with Crippen molar-refractivity contribution in [3.8, 4) is 5.75 Å². The van der Waals surface area contributed by atoms with E-state index in [2.05, 4.69) is 44.7 Å². The highest BCUT2D eigenvalue weighted by molar-refractivity contribution is 5.36. The molecule has 2 unspecified atom stereocenters. The summed E-state index contributed by atoms with van der Waals surface area (Å²) in [7, 11) is 0. The van der Waals surface area contributed by atoms with E-state index < -0.39 is 6.10 Å². The number of piperidine rings is 1. The largest absolute Gasteiger partial charge is 0.491 e. The summed E-state index contributed by atoms with van der Waals surface area (Å²) < 4.78 is 5.78. The van der Waals surface area contributed by atoms with Gasteiger partial charge in [-0.05, 0) is 61.4 Å². The summed E-state index contributed by atoms with van der Waals surface area (Å²) in [5.74, 6) is 2.13. The summed E-state index contributed by atoms with van der Waals surface area (Å²) >= 11 is 0. The molecule has 3 heteroatoms. The lowest BCUT2D eigenvalue weighted by molar-refractivity contribution is 0.0537. The summed E-state index contributed by atoms with van der Waals surface area (Å²) in [5.41, 5.74) is 2.61. The SMILES string of the molecule is Cc1cc(OCC(O)CN2CCCC(C)C2)ccc1C(C)C. The molecule has 124 valence electrons. The van der Waals surface area contributed by atoms with Crippen LogP contribution in [0.3, 0.4) is 0 Å². The van der Waals surface area contributed by atoms with Crippen LogP contribution >= 0.6 is 0 Å². The van der Waals surface area contributed by atoms with Gasteiger partial charge >= 0.3 is 0 Å². The zero-order valence-corrected chi connectivity index (χ0v) is 14.5. The molecular weight excluding hydrogens is 274 g/mol. The molecule has 3 nitrogen and oxygen atoms in total. The second-order valence-electron chi connectivity index (χ2n) is 7.14. The number of hydrogen-bond acceptors (Lipinski definition) is 3. The number of aliphatic hydroxyl groups is 1. The molecule has 1 heterocycles. The Morgan fingerprint density at radius 1 is 1.36 bits per heavy atom. The minimum atomic E-state index is -0.421. The first-order chi connectivity index (χ1) is 10.5. The molecule has 0 radical (unpaired) electrons. The van der Waals surface area contributed by atoms with Gasteiger partial charge in [-0.3, -0.25) is 0 Å². The molecule has 0 saturated carbocycles. The monoisotopic (exact) mass is 305 g/mol. The molecule has 1 saturated heterocycles. The van der Waals surface area contributed by atoms with E-state index in [4.69, 9.17) is 4.74 Å². The van der Waals surface area contributed by atoms with Crippen LogP contribution in [0.4, 0.5) is 0 Å². The van der Waals surface area contributed by atoms with E-state index in [1.165, 1.54) is 24.0 Å². The highest BCUT2D eigenvalue weighted by Gasteiger charge is 2.19. The number of β-amino-alcohol motifs (C(OH)–C–C–N with tert-alkyl or cyclic N) is 1. The van der Waals surface area contributed by atoms with Crippen LogP contribution in [-0.4, -0.2) is 42.4 Å². The molecule has 2 rings (SSSR count). The van der Waals surface area contributed by atoms with Gasteiger partial charge in [0.15, 0.2) is 0 Å². The molecule has 1 N–H and O–H groups in total. The normalized spacial score (nSPS) is 21.1. The predicted molar refractivity (Wildman–Crippen MR) is 91.6 cm³/mol. The molecule has 0 bridgehead atoms. The van der Waals surface area contributed by atoms with Crippen LogP contribution in [0.15, 0.2) is 18.2 Å². The Balaban J connectivity index is 1.80. The number of nitrogens with zero attached hydrogens (tertiary/aromatic N) is 1. The molecule has 0 spiro atoms. The lowest BCUT2D eigenvalue weighted by Gasteiger charge is -2.32. The Hall–Kier alpha value is -1.06. The zero-order valence-electron chi connectivity index (χ0n) is 14.5. The van der Waals surface area contributed by atoms with Gasteiger partial charge in [-0.2, -0.15) is 0 Å². The third kappa shape index (κ3) is 4.99. The van der Waals surface area contributed by atoms with E-state index in [1.54, 1.807) is 0 Å². The smallest absolute Gasteiger partial charge is 0.119 e. The molecule has 1 fully saturated rings. The van der Waals surface area contributed by atoms with E-state index in [0.29, 0.717) is 19.1 Å². The van der Waals surface area contributed by atoms with Crippen LogP contribution < -0.4 is 4.74 Å². The van der Waals surface area contributed by atoms with Crippen molar-refractivity contribution in [3.63, 3.8) is 0 Å². The number of benzene rings is 1. The van der Waals surface area contributed by atoms with Gasteiger partial charge in [0.2, 0.25) is 0 Å². The van der Waals surface area contributed by atoms with E-state index in [9.17, 15) is 5.11 Å². The van der Waals surface area contributed by atoms with Gasteiger partial charge in [0.05, 0.1) is 0 Å². The van der Waals surface area contributed by atoms with Crippen LogP contribution in [-0.2, 0) is 0 Å². The van der Waals surface area contributed by atoms with Gasteiger partial charge in [0.25, 0.3) is 0 Å². The average Bonchev–Trinajstić information content (AvgIpc) is 2.45. The van der Waals surface area contributed by atoms with Crippen LogP contribution in [0, 0.1) is 12.8 Å². The minimum absolute atomic E-state index is 0.366. The van der Waals surface area contributed by atoms with Crippen molar-refractivity contribution in [2.75, 3.05) is 26.2 Å². The maximum absolute atomic E-state index is 10.2. The number of hydrogen-bond donors (Lipinski definition) is 1. The van der Waals surface area contributed by atoms with Crippen molar-refractivity contribution in [2.24, 2.45) is 5.92 Å². The Morgan fingerprint density at radius 3 is 2.77 bits per heavy atom. The fourth-order valence-corrected chi connectivity index (χ4v) is 3.38. The fourth-order valence-electron chi connectivity index (χ4n) is 3.38. The standard InChI is InChI=1S/C19H31NO2/c1-14(2)19-8-7-18(10-16(19)4)22-13-17(21)12-20-9-5-6-15(3)11-20/h7-8,10,14-15,17,21H,5-6,9,11-13H2,1-4H3. The molecule has 1 aliphatic heterocycles. The van der Waals surface area contributed by atoms with Gasteiger partial charge in [-0.25, -0.2) is 0 Å². The zero-order chi connectivity index (χ0) is 16.1. The van der Waals surface area contributed by atoms with Crippen molar-refractivity contribution in [3.05, 3.63) is 29.3 Å². The van der Waals surface area contributed by atoms with Crippen LogP contribution in [0.25, 0.3) is 0 Å². The lowest BCUT2D eigenvalue weighted by Crippen LogP contribution is -2.41. The van der Waals surface area contributed by atoms with Crippen LogP contribution in [0.5, 0.6) is 5.75 Å². The van der Waals surface area contributed by atoms with Gasteiger partial charge in [-0.1, -0.05) is 26.8 Å². The molecular formula is C19H31NO2. The predicted octanol–water partition coefficient (Wildman–Crippen LogP) is 3.59. The van der Waals surface area contributed by atoms with Crippen molar-refractivity contribution in [1.82, 2.24) is 4.90 Å². The third-order valence-electron chi connectivity index (χ3n) is 4.52. The number of likely N-dealkylation sites (tertiary alicyclic amines) is 1. The highest BCUT2D eigenvalue weighted by atomic mass is 16.5. The maximum Gasteiger partial charge on any atom is 0.119 e. The Morgan fingerprint density at radius 2 is 2.14 bits per heavy atom. The number of aryl methyl sites for hydroxylation is 1. The first kappa shape index (κ1) is 17.3. The number of aliphatic hydroxyl groups excluding tert-OH is 1. The summed E-state index contributed by atoms with van der Waals surface area (Å²) in [6, 6.07) is 6.22. The topological polar surface area (TPSA) is 32.7 Å². The quantitative estimate of drug-likeness (QED) is 0.872. The second-order valence-corrected chi connectivity index (χ2v) is 7.14. The van der Waals surface area contributed by atoms with Crippen molar-refractivity contribution >= 4 is 0 Å². The van der Waals surface area contributed by atoms with E-state index in [0.717, 1.165) is 24.8 Å². The summed E-state index contributed by atoms with van der Waals surface area (Å²) in [5, 5.41) is 10.2. The summed E-state index contributed by atoms with van der Waals surface area (Å²) in [4.78, 5) is 2.36. The number of rotatable bonds is 6. The molecule has 2 atom stereocenters. The van der Waals surface area contributed by atoms with Gasteiger partial charge < -0.3 is 14.7 Å². The van der Waals surface area contributed by atoms with E-state index in [-0.39, 0.29) is 0 Å². The third-order valence-corrected chi connectivity index (χ3v) is 4.52. The molecule has 1 aromatic carbocycles. The Labute approximate surface area is 135 Å². The van der Waals surface area contributed by atoms with Crippen molar-refractivity contribution in [1.29, 1.82) is 0 Å². The summed E-state index contributed by atoms with van der Waals surface area (Å²) in [6.45, 7) is 12.1. The minimum Gasteiger partial charge on any atom is -0.491 e. The molecule has 0 aliphatic carbocycles. The van der Waals surface area contributed by atoms with E-state index in [1.807, 2.05) is 6.07 Å². The summed E-state index contributed by atoms with van der Waals surface area (Å²) in [6.07, 6.45) is 2.13. The van der Waals surface area contributed by atoms with Crippen molar-refractivity contribution in [2.45, 2.75) is 52.6 Å². The average molecular weight is 305 g/mol. The van der Waals surface area contributed by atoms with Crippen LogP contribution in [0.2, 0.25) is 0 Å². The molecule has 0 amide bonds. The molecule has 1 aromatic rings. The van der Waals surface area contributed by atoms with Gasteiger partial charge in [0.1, 0.15) is 18.5 Å². The van der Waals surface area contributed by atoms with Gasteiger partial charge in [-0.15, -0.1) is 0 Å². The number of ether oxygens (including phenoxy) is 1. The molecule has 0 aromatic heterocycles. The van der Waals surface area contributed by atoms with Gasteiger partial charge in [0, 0.05) is 13.1 Å². The maximum atomic E-state index is 10.2. The van der Waals surface area contributed by atoms with Crippen molar-refractivity contribution < 1.29 is 9.84 Å². The highest BCUT2D eigenvalue weighted by Crippen LogP contribution is 2.23. The Kier molecular flexibility index (Phi) is 6.27.